The molecule has 0 aliphatic heterocycles. The smallest absolute Gasteiger partial charge is 0.325 e. The molecule has 0 bridgehead atoms. The SMILES string of the molecule is CC(Nc1ncc(-c2ccccn2)cn1)C(=O)O. The fourth-order valence-electron chi connectivity index (χ4n) is 1.32. The van der Waals surface area contributed by atoms with Gasteiger partial charge in [0.1, 0.15) is 6.04 Å². The normalized spacial score (nSPS) is 11.8. The van der Waals surface area contributed by atoms with Gasteiger partial charge in [0.15, 0.2) is 0 Å². The average molecular weight is 244 g/mol. The minimum Gasteiger partial charge on any atom is -0.480 e. The summed E-state index contributed by atoms with van der Waals surface area (Å²) < 4.78 is 0. The molecule has 0 saturated heterocycles. The van der Waals surface area contributed by atoms with Crippen LogP contribution in [-0.2, 0) is 4.79 Å². The monoisotopic (exact) mass is 244 g/mol. The zero-order valence-electron chi connectivity index (χ0n) is 9.74. The Morgan fingerprint density at radius 2 is 2.00 bits per heavy atom. The lowest BCUT2D eigenvalue weighted by atomic mass is 10.2. The maximum Gasteiger partial charge on any atom is 0.325 e. The summed E-state index contributed by atoms with van der Waals surface area (Å²) in [5, 5.41) is 11.4. The number of aromatic nitrogens is 3. The van der Waals surface area contributed by atoms with Gasteiger partial charge >= 0.3 is 5.97 Å². The van der Waals surface area contributed by atoms with Crippen LogP contribution in [0.15, 0.2) is 36.8 Å². The first-order chi connectivity index (χ1) is 8.66. The standard InChI is InChI=1S/C12H12N4O2/c1-8(11(17)18)16-12-14-6-9(7-15-12)10-4-2-3-5-13-10/h2-8H,1H3,(H,17,18)(H,14,15,16). The van der Waals surface area contributed by atoms with Gasteiger partial charge in [0.2, 0.25) is 5.95 Å². The van der Waals surface area contributed by atoms with E-state index in [9.17, 15) is 4.79 Å². The first-order valence-electron chi connectivity index (χ1n) is 5.39. The van der Waals surface area contributed by atoms with E-state index >= 15 is 0 Å². The summed E-state index contributed by atoms with van der Waals surface area (Å²) in [5.41, 5.74) is 1.56. The number of carbonyl (C=O) groups is 1. The van der Waals surface area contributed by atoms with E-state index in [2.05, 4.69) is 20.3 Å². The van der Waals surface area contributed by atoms with Crippen molar-refractivity contribution in [3.8, 4) is 11.3 Å². The maximum absolute atomic E-state index is 10.7. The molecule has 1 unspecified atom stereocenters. The van der Waals surface area contributed by atoms with E-state index in [0.29, 0.717) is 0 Å². The van der Waals surface area contributed by atoms with Crippen LogP contribution in [0.5, 0.6) is 0 Å². The molecule has 2 heterocycles. The Balaban J connectivity index is 2.13. The van der Waals surface area contributed by atoms with Crippen molar-refractivity contribution in [2.75, 3.05) is 5.32 Å². The lowest BCUT2D eigenvalue weighted by Crippen LogP contribution is -2.26. The quantitative estimate of drug-likeness (QED) is 0.845. The van der Waals surface area contributed by atoms with Gasteiger partial charge in [-0.15, -0.1) is 0 Å². The molecule has 92 valence electrons. The molecule has 2 rings (SSSR count). The van der Waals surface area contributed by atoms with E-state index in [1.165, 1.54) is 6.92 Å². The second-order valence-corrected chi connectivity index (χ2v) is 3.71. The van der Waals surface area contributed by atoms with Crippen molar-refractivity contribution in [1.82, 2.24) is 15.0 Å². The van der Waals surface area contributed by atoms with Crippen LogP contribution in [0.2, 0.25) is 0 Å². The molecule has 18 heavy (non-hydrogen) atoms. The molecule has 0 fully saturated rings. The summed E-state index contributed by atoms with van der Waals surface area (Å²) in [6, 6.07) is 4.83. The van der Waals surface area contributed by atoms with Crippen LogP contribution in [0.4, 0.5) is 5.95 Å². The number of pyridine rings is 1. The second-order valence-electron chi connectivity index (χ2n) is 3.71. The highest BCUT2D eigenvalue weighted by Crippen LogP contribution is 2.14. The zero-order chi connectivity index (χ0) is 13.0. The molecule has 6 nitrogen and oxygen atoms in total. The number of rotatable bonds is 4. The summed E-state index contributed by atoms with van der Waals surface area (Å²) in [5.74, 6) is -0.669. The van der Waals surface area contributed by atoms with E-state index in [1.807, 2.05) is 18.2 Å². The first kappa shape index (κ1) is 12.0. The number of nitrogens with one attached hydrogen (secondary N) is 1. The minimum atomic E-state index is -0.951. The topological polar surface area (TPSA) is 88.0 Å². The van der Waals surface area contributed by atoms with Crippen LogP contribution in [0, 0.1) is 0 Å². The average Bonchev–Trinajstić information content (AvgIpc) is 2.40. The van der Waals surface area contributed by atoms with Crippen molar-refractivity contribution < 1.29 is 9.90 Å². The van der Waals surface area contributed by atoms with Crippen LogP contribution >= 0.6 is 0 Å². The van der Waals surface area contributed by atoms with Gasteiger partial charge < -0.3 is 10.4 Å². The molecule has 0 aliphatic rings. The van der Waals surface area contributed by atoms with E-state index in [-0.39, 0.29) is 5.95 Å². The van der Waals surface area contributed by atoms with Gasteiger partial charge in [0, 0.05) is 24.2 Å². The Kier molecular flexibility index (Phi) is 3.47. The molecule has 0 aliphatic carbocycles. The van der Waals surface area contributed by atoms with Gasteiger partial charge in [0.25, 0.3) is 0 Å². The third kappa shape index (κ3) is 2.79. The molecule has 6 heteroatoms. The summed E-state index contributed by atoms with van der Waals surface area (Å²) in [7, 11) is 0. The first-order valence-corrected chi connectivity index (χ1v) is 5.39. The van der Waals surface area contributed by atoms with Crippen molar-refractivity contribution in [3.63, 3.8) is 0 Å². The Morgan fingerprint density at radius 3 is 2.56 bits per heavy atom. The van der Waals surface area contributed by atoms with Gasteiger partial charge in [0.05, 0.1) is 5.69 Å². The number of carboxylic acid groups (broad SMARTS) is 1. The molecule has 0 spiro atoms. The number of hydrogen-bond donors (Lipinski definition) is 2. The second kappa shape index (κ2) is 5.22. The Morgan fingerprint density at radius 1 is 1.28 bits per heavy atom. The molecular weight excluding hydrogens is 232 g/mol. The number of carboxylic acids is 1. The molecule has 2 aromatic heterocycles. The lowest BCUT2D eigenvalue weighted by molar-refractivity contribution is -0.137. The molecular formula is C12H12N4O2. The number of nitrogens with zero attached hydrogens (tertiary/aromatic N) is 3. The largest absolute Gasteiger partial charge is 0.480 e. The fraction of sp³-hybridized carbons (Fsp3) is 0.167. The van der Waals surface area contributed by atoms with Gasteiger partial charge in [-0.05, 0) is 19.1 Å². The molecule has 0 amide bonds. The summed E-state index contributed by atoms with van der Waals surface area (Å²) >= 11 is 0. The highest BCUT2D eigenvalue weighted by molar-refractivity contribution is 5.75. The maximum atomic E-state index is 10.7. The van der Waals surface area contributed by atoms with Gasteiger partial charge in [-0.2, -0.15) is 0 Å². The van der Waals surface area contributed by atoms with E-state index in [4.69, 9.17) is 5.11 Å². The van der Waals surface area contributed by atoms with Crippen LogP contribution in [0.25, 0.3) is 11.3 Å². The Bertz CT molecular complexity index is 528. The molecule has 2 aromatic rings. The van der Waals surface area contributed by atoms with Crippen molar-refractivity contribution in [1.29, 1.82) is 0 Å². The Labute approximate surface area is 104 Å². The molecule has 0 aromatic carbocycles. The van der Waals surface area contributed by atoms with Crippen molar-refractivity contribution in [2.24, 2.45) is 0 Å². The minimum absolute atomic E-state index is 0.282. The van der Waals surface area contributed by atoms with Gasteiger partial charge in [-0.3, -0.25) is 9.78 Å². The van der Waals surface area contributed by atoms with Gasteiger partial charge in [-0.1, -0.05) is 6.07 Å². The lowest BCUT2D eigenvalue weighted by Gasteiger charge is -2.08. The van der Waals surface area contributed by atoms with Crippen molar-refractivity contribution in [2.45, 2.75) is 13.0 Å². The predicted octanol–water partition coefficient (Wildman–Crippen LogP) is 1.42. The number of anilines is 1. The van der Waals surface area contributed by atoms with Crippen LogP contribution < -0.4 is 5.32 Å². The molecule has 1 atom stereocenters. The van der Waals surface area contributed by atoms with E-state index in [0.717, 1.165) is 11.3 Å². The summed E-state index contributed by atoms with van der Waals surface area (Å²) in [6.45, 7) is 1.53. The molecule has 2 N–H and O–H groups in total. The van der Waals surface area contributed by atoms with Crippen molar-refractivity contribution >= 4 is 11.9 Å². The fourth-order valence-corrected chi connectivity index (χ4v) is 1.32. The summed E-state index contributed by atoms with van der Waals surface area (Å²) in [6.07, 6.45) is 4.90. The van der Waals surface area contributed by atoms with Gasteiger partial charge in [-0.25, -0.2) is 9.97 Å². The summed E-state index contributed by atoms with van der Waals surface area (Å²) in [4.78, 5) is 22.9. The number of aliphatic carboxylic acids is 1. The van der Waals surface area contributed by atoms with E-state index in [1.54, 1.807) is 18.6 Å². The Hall–Kier alpha value is -2.50. The van der Waals surface area contributed by atoms with Crippen LogP contribution in [0.3, 0.4) is 0 Å². The third-order valence-corrected chi connectivity index (χ3v) is 2.33. The van der Waals surface area contributed by atoms with Crippen LogP contribution in [-0.4, -0.2) is 32.1 Å². The number of hydrogen-bond acceptors (Lipinski definition) is 5. The van der Waals surface area contributed by atoms with E-state index < -0.39 is 12.0 Å². The predicted molar refractivity (Wildman–Crippen MR) is 66.0 cm³/mol. The molecule has 0 radical (unpaired) electrons. The van der Waals surface area contributed by atoms with Crippen molar-refractivity contribution in [3.05, 3.63) is 36.8 Å². The molecule has 0 saturated carbocycles. The highest BCUT2D eigenvalue weighted by atomic mass is 16.4. The third-order valence-electron chi connectivity index (χ3n) is 2.33. The van der Waals surface area contributed by atoms with Crippen LogP contribution in [0.1, 0.15) is 6.92 Å². The zero-order valence-corrected chi connectivity index (χ0v) is 9.74. The highest BCUT2D eigenvalue weighted by Gasteiger charge is 2.11.